The van der Waals surface area contributed by atoms with Gasteiger partial charge in [-0.2, -0.15) is 24.9 Å². The summed E-state index contributed by atoms with van der Waals surface area (Å²) < 4.78 is 39.1. The maximum absolute atomic E-state index is 13.2. The van der Waals surface area contributed by atoms with E-state index in [0.29, 0.717) is 44.6 Å². The van der Waals surface area contributed by atoms with Crippen LogP contribution in [0.15, 0.2) is 85.1 Å². The molecule has 12 heteroatoms. The molecular formula is C31H25ClF3N3O4S. The lowest BCUT2D eigenvalue weighted by molar-refractivity contribution is -0.138. The van der Waals surface area contributed by atoms with Crippen LogP contribution in [0.3, 0.4) is 0 Å². The van der Waals surface area contributed by atoms with Crippen LogP contribution in [0.4, 0.5) is 18.9 Å². The maximum atomic E-state index is 13.2. The summed E-state index contributed by atoms with van der Waals surface area (Å²) in [6.07, 6.45) is -3.03. The van der Waals surface area contributed by atoms with Crippen molar-refractivity contribution in [3.05, 3.63) is 118 Å². The van der Waals surface area contributed by atoms with Gasteiger partial charge in [0.25, 0.3) is 11.8 Å². The predicted octanol–water partition coefficient (Wildman–Crippen LogP) is 7.31. The fourth-order valence-electron chi connectivity index (χ4n) is 4.04. The molecule has 1 aromatic heterocycles. The van der Waals surface area contributed by atoms with Gasteiger partial charge < -0.3 is 15.7 Å². The summed E-state index contributed by atoms with van der Waals surface area (Å²) in [5.74, 6) is -0.777. The number of nitrogens with one attached hydrogen (secondary N) is 2. The number of nitrogens with zero attached hydrogens (tertiary/aromatic N) is 1. The predicted molar refractivity (Wildman–Crippen MR) is 160 cm³/mol. The summed E-state index contributed by atoms with van der Waals surface area (Å²) in [4.78, 5) is 41.1. The van der Waals surface area contributed by atoms with E-state index in [0.717, 1.165) is 17.7 Å². The largest absolute Gasteiger partial charge is 0.481 e. The first-order valence-electron chi connectivity index (χ1n) is 12.9. The summed E-state index contributed by atoms with van der Waals surface area (Å²) in [6, 6.07) is 19.5. The van der Waals surface area contributed by atoms with Crippen LogP contribution in [-0.2, 0) is 23.3 Å². The molecule has 0 aliphatic rings. The third kappa shape index (κ3) is 9.07. The average molecular weight is 628 g/mol. The van der Waals surface area contributed by atoms with Crippen molar-refractivity contribution >= 4 is 46.8 Å². The molecule has 4 rings (SSSR count). The van der Waals surface area contributed by atoms with E-state index in [9.17, 15) is 27.6 Å². The maximum Gasteiger partial charge on any atom is 0.416 e. The van der Waals surface area contributed by atoms with Gasteiger partial charge in [-0.05, 0) is 65.7 Å². The molecular weight excluding hydrogens is 603 g/mol. The minimum Gasteiger partial charge on any atom is -0.481 e. The molecule has 0 fully saturated rings. The molecule has 0 atom stereocenters. The van der Waals surface area contributed by atoms with Gasteiger partial charge in [0.05, 0.1) is 23.4 Å². The Kier molecular flexibility index (Phi) is 10.4. The standard InChI is InChI=1S/C31H25ClF3N3O4S/c32-24-7-8-26(38-30(42)21-5-1-4-20(13-21)18-43-12-10-28(39)40)25(16-24)27-15-22(9-11-36-27)29(41)37-17-19-3-2-6-23(14-19)31(33,34)35/h1-9,11,13-16H,10,12,17-18H2,(H,37,41)(H,38,42)(H,39,40). The zero-order valence-electron chi connectivity index (χ0n) is 22.5. The number of carbonyl (C=O) groups is 3. The lowest BCUT2D eigenvalue weighted by atomic mass is 10.1. The number of hydrogen-bond donors (Lipinski definition) is 3. The molecule has 0 saturated carbocycles. The normalized spacial score (nSPS) is 11.2. The van der Waals surface area contributed by atoms with Crippen LogP contribution in [0.1, 0.15) is 43.8 Å². The third-order valence-corrected chi connectivity index (χ3v) is 7.42. The monoisotopic (exact) mass is 627 g/mol. The molecule has 0 aliphatic heterocycles. The van der Waals surface area contributed by atoms with E-state index in [4.69, 9.17) is 16.7 Å². The Labute approximate surface area is 254 Å². The second-order valence-corrected chi connectivity index (χ2v) is 10.9. The molecule has 0 radical (unpaired) electrons. The Bertz CT molecular complexity index is 1650. The third-order valence-electron chi connectivity index (χ3n) is 6.15. The highest BCUT2D eigenvalue weighted by Gasteiger charge is 2.30. The fraction of sp³-hybridized carbons (Fsp3) is 0.161. The van der Waals surface area contributed by atoms with Crippen LogP contribution in [0.25, 0.3) is 11.3 Å². The summed E-state index contributed by atoms with van der Waals surface area (Å²) in [5.41, 5.74) is 2.15. The molecule has 222 valence electrons. The van der Waals surface area contributed by atoms with Gasteiger partial charge in [0.1, 0.15) is 0 Å². The average Bonchev–Trinajstić information content (AvgIpc) is 2.99. The second-order valence-electron chi connectivity index (χ2n) is 9.35. The van der Waals surface area contributed by atoms with Crippen molar-refractivity contribution in [1.82, 2.24) is 10.3 Å². The quantitative estimate of drug-likeness (QED) is 0.151. The minimum atomic E-state index is -4.49. The lowest BCUT2D eigenvalue weighted by Crippen LogP contribution is -2.23. The van der Waals surface area contributed by atoms with Gasteiger partial charge >= 0.3 is 12.1 Å². The van der Waals surface area contributed by atoms with Crippen molar-refractivity contribution in [2.45, 2.75) is 24.9 Å². The molecule has 4 aromatic rings. The van der Waals surface area contributed by atoms with Crippen molar-refractivity contribution in [1.29, 1.82) is 0 Å². The van der Waals surface area contributed by atoms with E-state index < -0.39 is 29.5 Å². The van der Waals surface area contributed by atoms with Crippen molar-refractivity contribution in [3.63, 3.8) is 0 Å². The van der Waals surface area contributed by atoms with E-state index in [1.54, 1.807) is 36.4 Å². The van der Waals surface area contributed by atoms with Crippen LogP contribution < -0.4 is 10.6 Å². The lowest BCUT2D eigenvalue weighted by Gasteiger charge is -2.13. The Balaban J connectivity index is 1.48. The number of carbonyl (C=O) groups excluding carboxylic acids is 2. The second kappa shape index (κ2) is 14.2. The molecule has 1 heterocycles. The van der Waals surface area contributed by atoms with Gasteiger partial charge in [0.2, 0.25) is 0 Å². The smallest absolute Gasteiger partial charge is 0.416 e. The van der Waals surface area contributed by atoms with Crippen LogP contribution in [0, 0.1) is 0 Å². The minimum absolute atomic E-state index is 0.0525. The van der Waals surface area contributed by atoms with E-state index in [2.05, 4.69) is 15.6 Å². The zero-order chi connectivity index (χ0) is 31.0. The molecule has 0 spiro atoms. The molecule has 0 unspecified atom stereocenters. The van der Waals surface area contributed by atoms with E-state index in [-0.39, 0.29) is 18.5 Å². The highest BCUT2D eigenvalue weighted by atomic mass is 35.5. The van der Waals surface area contributed by atoms with E-state index >= 15 is 0 Å². The number of rotatable bonds is 11. The summed E-state index contributed by atoms with van der Waals surface area (Å²) in [6.45, 7) is -0.115. The number of benzene rings is 3. The molecule has 3 N–H and O–H groups in total. The topological polar surface area (TPSA) is 108 Å². The van der Waals surface area contributed by atoms with Gasteiger partial charge in [-0.1, -0.05) is 35.9 Å². The summed E-state index contributed by atoms with van der Waals surface area (Å²) >= 11 is 7.70. The zero-order valence-corrected chi connectivity index (χ0v) is 24.0. The first-order valence-corrected chi connectivity index (χ1v) is 14.4. The van der Waals surface area contributed by atoms with Crippen molar-refractivity contribution < 1.29 is 32.7 Å². The van der Waals surface area contributed by atoms with Gasteiger partial charge in [-0.15, -0.1) is 0 Å². The Morgan fingerprint density at radius 2 is 1.63 bits per heavy atom. The number of amides is 2. The fourth-order valence-corrected chi connectivity index (χ4v) is 5.10. The molecule has 3 aromatic carbocycles. The number of pyridine rings is 1. The number of carboxylic acid groups (broad SMARTS) is 1. The van der Waals surface area contributed by atoms with Gasteiger partial charge in [0, 0.05) is 46.0 Å². The van der Waals surface area contributed by atoms with E-state index in [1.165, 1.54) is 42.2 Å². The number of anilines is 1. The molecule has 0 bridgehead atoms. The summed E-state index contributed by atoms with van der Waals surface area (Å²) in [5, 5.41) is 14.7. The van der Waals surface area contributed by atoms with Crippen LogP contribution in [0.5, 0.6) is 0 Å². The SMILES string of the molecule is O=C(O)CCSCc1cccc(C(=O)Nc2ccc(Cl)cc2-c2cc(C(=O)NCc3cccc(C(F)(F)F)c3)ccn2)c1. The Morgan fingerprint density at radius 3 is 2.40 bits per heavy atom. The summed E-state index contributed by atoms with van der Waals surface area (Å²) in [7, 11) is 0. The van der Waals surface area contributed by atoms with Crippen molar-refractivity contribution in [3.8, 4) is 11.3 Å². The van der Waals surface area contributed by atoms with Gasteiger partial charge in [-0.25, -0.2) is 0 Å². The van der Waals surface area contributed by atoms with Gasteiger partial charge in [0.15, 0.2) is 0 Å². The molecule has 0 aliphatic carbocycles. The molecule has 7 nitrogen and oxygen atoms in total. The van der Waals surface area contributed by atoms with Crippen molar-refractivity contribution in [2.24, 2.45) is 0 Å². The van der Waals surface area contributed by atoms with Crippen molar-refractivity contribution in [2.75, 3.05) is 11.1 Å². The molecule has 0 saturated heterocycles. The number of halogens is 4. The Morgan fingerprint density at radius 1 is 0.884 bits per heavy atom. The van der Waals surface area contributed by atoms with E-state index in [1.807, 2.05) is 6.07 Å². The first kappa shape index (κ1) is 31.6. The number of carboxylic acids is 1. The van der Waals surface area contributed by atoms with Gasteiger partial charge in [-0.3, -0.25) is 19.4 Å². The highest BCUT2D eigenvalue weighted by molar-refractivity contribution is 7.98. The number of thioether (sulfide) groups is 1. The molecule has 43 heavy (non-hydrogen) atoms. The number of aromatic nitrogens is 1. The van der Waals surface area contributed by atoms with Crippen LogP contribution in [0.2, 0.25) is 5.02 Å². The first-order chi connectivity index (χ1) is 20.5. The molecule has 2 amide bonds. The van der Waals surface area contributed by atoms with Crippen LogP contribution >= 0.6 is 23.4 Å². The number of alkyl halides is 3. The Hall–Kier alpha value is -4.35. The number of aliphatic carboxylic acids is 1. The number of hydrogen-bond acceptors (Lipinski definition) is 5. The van der Waals surface area contributed by atoms with Crippen LogP contribution in [-0.4, -0.2) is 33.6 Å². The highest BCUT2D eigenvalue weighted by Crippen LogP contribution is 2.31.